The molecule has 30 heavy (non-hydrogen) atoms. The largest absolute Gasteiger partial charge is 0.485 e. The molecule has 1 aliphatic rings. The highest BCUT2D eigenvalue weighted by atomic mass is 16.5. The van der Waals surface area contributed by atoms with Gasteiger partial charge in [0, 0.05) is 17.5 Å². The normalized spacial score (nSPS) is 16.0. The van der Waals surface area contributed by atoms with E-state index in [1.165, 1.54) is 31.2 Å². The van der Waals surface area contributed by atoms with Crippen LogP contribution >= 0.6 is 0 Å². The number of hydrogen-bond donors (Lipinski definition) is 1. The van der Waals surface area contributed by atoms with E-state index in [1.54, 1.807) is 12.3 Å². The van der Waals surface area contributed by atoms with Crippen LogP contribution in [0.5, 0.6) is 5.75 Å². The summed E-state index contributed by atoms with van der Waals surface area (Å²) in [5.74, 6) is 0.363. The Kier molecular flexibility index (Phi) is 5.50. The highest BCUT2D eigenvalue weighted by molar-refractivity contribution is 5.92. The Morgan fingerprint density at radius 3 is 2.37 bits per heavy atom. The quantitative estimate of drug-likeness (QED) is 0.525. The Morgan fingerprint density at radius 2 is 1.73 bits per heavy atom. The summed E-state index contributed by atoms with van der Waals surface area (Å²) < 4.78 is 6.55. The molecule has 1 fully saturated rings. The van der Waals surface area contributed by atoms with Crippen LogP contribution in [0.25, 0.3) is 10.8 Å². The molecule has 2 aromatic carbocycles. The summed E-state index contributed by atoms with van der Waals surface area (Å²) in [4.78, 5) is 15.3. The van der Waals surface area contributed by atoms with E-state index in [0.717, 1.165) is 22.1 Å². The van der Waals surface area contributed by atoms with E-state index in [2.05, 4.69) is 62.2 Å². The van der Waals surface area contributed by atoms with Crippen LogP contribution in [0.15, 0.2) is 54.7 Å². The highest BCUT2D eigenvalue weighted by Crippen LogP contribution is 2.40. The molecule has 0 bridgehead atoms. The molecule has 1 N–H and O–H groups in total. The third kappa shape index (κ3) is 4.33. The van der Waals surface area contributed by atoms with Gasteiger partial charge < -0.3 is 9.84 Å². The summed E-state index contributed by atoms with van der Waals surface area (Å²) in [6.07, 6.45) is 6.44. The van der Waals surface area contributed by atoms with Crippen molar-refractivity contribution in [3.63, 3.8) is 0 Å². The molecule has 0 radical (unpaired) electrons. The highest BCUT2D eigenvalue weighted by Gasteiger charge is 2.28. The minimum absolute atomic E-state index is 0.0171. The van der Waals surface area contributed by atoms with Crippen LogP contribution in [0.1, 0.15) is 74.2 Å². The van der Waals surface area contributed by atoms with Gasteiger partial charge in [0.25, 0.3) is 0 Å². The number of aromatic nitrogens is 1. The first kappa shape index (κ1) is 20.4. The van der Waals surface area contributed by atoms with Gasteiger partial charge in [-0.25, -0.2) is 9.78 Å². The summed E-state index contributed by atoms with van der Waals surface area (Å²) in [6, 6.07) is 16.2. The van der Waals surface area contributed by atoms with Crippen LogP contribution in [-0.2, 0) is 5.41 Å². The van der Waals surface area contributed by atoms with E-state index in [1.807, 2.05) is 6.07 Å². The van der Waals surface area contributed by atoms with Crippen molar-refractivity contribution in [1.82, 2.24) is 4.98 Å². The van der Waals surface area contributed by atoms with Crippen LogP contribution in [0.3, 0.4) is 0 Å². The number of nitrogens with zero attached hydrogens (tertiary/aromatic N) is 1. The molecule has 1 unspecified atom stereocenters. The minimum Gasteiger partial charge on any atom is -0.485 e. The molecule has 0 saturated heterocycles. The van der Waals surface area contributed by atoms with Crippen molar-refractivity contribution < 1.29 is 14.6 Å². The Labute approximate surface area is 177 Å². The van der Waals surface area contributed by atoms with Gasteiger partial charge in [0.15, 0.2) is 0 Å². The van der Waals surface area contributed by atoms with Crippen molar-refractivity contribution >= 4 is 16.7 Å². The fraction of sp³-hybridized carbons (Fsp3) is 0.385. The molecule has 0 spiro atoms. The van der Waals surface area contributed by atoms with Gasteiger partial charge in [0.05, 0.1) is 0 Å². The summed E-state index contributed by atoms with van der Waals surface area (Å²) in [5.41, 5.74) is 2.60. The maximum Gasteiger partial charge on any atom is 0.354 e. The van der Waals surface area contributed by atoms with Gasteiger partial charge in [-0.3, -0.25) is 0 Å². The zero-order chi connectivity index (χ0) is 21.3. The fourth-order valence-electron chi connectivity index (χ4n) is 4.33. The van der Waals surface area contributed by atoms with E-state index >= 15 is 0 Å². The molecular weight excluding hydrogens is 374 g/mol. The first-order valence-corrected chi connectivity index (χ1v) is 10.7. The van der Waals surface area contributed by atoms with E-state index in [0.29, 0.717) is 5.92 Å². The first-order chi connectivity index (χ1) is 14.3. The number of hydrogen-bond acceptors (Lipinski definition) is 3. The zero-order valence-electron chi connectivity index (χ0n) is 17.9. The summed E-state index contributed by atoms with van der Waals surface area (Å²) >= 11 is 0. The van der Waals surface area contributed by atoms with Crippen LogP contribution in [0.2, 0.25) is 0 Å². The second-order valence-electron chi connectivity index (χ2n) is 9.34. The van der Waals surface area contributed by atoms with Crippen molar-refractivity contribution in [3.8, 4) is 5.75 Å². The van der Waals surface area contributed by atoms with Gasteiger partial charge in [-0.1, -0.05) is 57.9 Å². The molecule has 3 aromatic rings. The number of aromatic carboxylic acids is 1. The molecule has 1 atom stereocenters. The lowest BCUT2D eigenvalue weighted by Crippen LogP contribution is -2.17. The number of carboxylic acid groups (broad SMARTS) is 1. The predicted molar refractivity (Wildman–Crippen MR) is 119 cm³/mol. The van der Waals surface area contributed by atoms with Crippen LogP contribution < -0.4 is 4.74 Å². The van der Waals surface area contributed by atoms with Gasteiger partial charge in [0.2, 0.25) is 0 Å². The maximum atomic E-state index is 11.2. The van der Waals surface area contributed by atoms with Crippen molar-refractivity contribution in [2.75, 3.05) is 0 Å². The molecule has 4 rings (SSSR count). The van der Waals surface area contributed by atoms with Crippen molar-refractivity contribution in [2.45, 2.75) is 58.0 Å². The fourth-order valence-corrected chi connectivity index (χ4v) is 4.33. The average molecular weight is 404 g/mol. The Hall–Kier alpha value is -2.88. The van der Waals surface area contributed by atoms with Crippen LogP contribution in [0, 0.1) is 5.92 Å². The van der Waals surface area contributed by atoms with Gasteiger partial charge in [-0.05, 0) is 59.0 Å². The molecule has 4 heteroatoms. The lowest BCUT2D eigenvalue weighted by molar-refractivity contribution is 0.0690. The molecule has 1 aliphatic carbocycles. The molecule has 4 nitrogen and oxygen atoms in total. The van der Waals surface area contributed by atoms with Crippen molar-refractivity contribution in [1.29, 1.82) is 0 Å². The van der Waals surface area contributed by atoms with Gasteiger partial charge in [0.1, 0.15) is 17.5 Å². The van der Waals surface area contributed by atoms with Crippen LogP contribution in [-0.4, -0.2) is 16.1 Å². The number of pyridine rings is 1. The average Bonchev–Trinajstić information content (AvgIpc) is 3.25. The minimum atomic E-state index is -1.01. The van der Waals surface area contributed by atoms with E-state index in [9.17, 15) is 9.90 Å². The SMILES string of the molecule is CC(C)(C)c1ccc(OC(c2ccc3cc(C(=O)O)ncc3c2)C2CCCC2)cc1. The maximum absolute atomic E-state index is 11.2. The first-order valence-electron chi connectivity index (χ1n) is 10.7. The standard InChI is InChI=1S/C26H29NO3/c1-26(2,3)21-10-12-22(13-11-21)30-24(17-6-4-5-7-17)19-9-8-18-15-23(25(28)29)27-16-20(18)14-19/h8-17,24H,4-7H2,1-3H3,(H,28,29). The zero-order valence-corrected chi connectivity index (χ0v) is 17.9. The molecule has 0 aliphatic heterocycles. The molecule has 1 saturated carbocycles. The molecular formula is C26H29NO3. The third-order valence-corrected chi connectivity index (χ3v) is 6.10. The number of carbonyl (C=O) groups is 1. The molecule has 156 valence electrons. The van der Waals surface area contributed by atoms with Crippen molar-refractivity contribution in [2.24, 2.45) is 5.92 Å². The summed E-state index contributed by atoms with van der Waals surface area (Å²) in [7, 11) is 0. The topological polar surface area (TPSA) is 59.4 Å². The summed E-state index contributed by atoms with van der Waals surface area (Å²) in [6.45, 7) is 6.63. The second kappa shape index (κ2) is 8.10. The number of fused-ring (bicyclic) bond motifs is 1. The lowest BCUT2D eigenvalue weighted by Gasteiger charge is -2.26. The molecule has 1 heterocycles. The van der Waals surface area contributed by atoms with E-state index < -0.39 is 5.97 Å². The lowest BCUT2D eigenvalue weighted by atomic mass is 9.87. The Bertz CT molecular complexity index is 1040. The predicted octanol–water partition coefficient (Wildman–Crippen LogP) is 6.54. The Balaban J connectivity index is 1.65. The monoisotopic (exact) mass is 403 g/mol. The van der Waals surface area contributed by atoms with Crippen molar-refractivity contribution in [3.05, 3.63) is 71.5 Å². The van der Waals surface area contributed by atoms with E-state index in [4.69, 9.17) is 4.74 Å². The Morgan fingerprint density at radius 1 is 1.03 bits per heavy atom. The van der Waals surface area contributed by atoms with Crippen LogP contribution in [0.4, 0.5) is 0 Å². The third-order valence-electron chi connectivity index (χ3n) is 6.10. The van der Waals surface area contributed by atoms with E-state index in [-0.39, 0.29) is 17.2 Å². The number of carboxylic acids is 1. The smallest absolute Gasteiger partial charge is 0.354 e. The number of ether oxygens (including phenoxy) is 1. The molecule has 1 aromatic heterocycles. The second-order valence-corrected chi connectivity index (χ2v) is 9.34. The van der Waals surface area contributed by atoms with Gasteiger partial charge in [-0.2, -0.15) is 0 Å². The molecule has 0 amide bonds. The number of benzene rings is 2. The summed E-state index contributed by atoms with van der Waals surface area (Å²) in [5, 5.41) is 11.0. The van der Waals surface area contributed by atoms with Gasteiger partial charge >= 0.3 is 5.97 Å². The number of rotatable bonds is 5. The van der Waals surface area contributed by atoms with Gasteiger partial charge in [-0.15, -0.1) is 0 Å².